The quantitative estimate of drug-likeness (QED) is 0.185. The summed E-state index contributed by atoms with van der Waals surface area (Å²) >= 11 is 0. The van der Waals surface area contributed by atoms with E-state index in [1.54, 1.807) is 0 Å². The zero-order chi connectivity index (χ0) is 40.7. The molecular formula is C58H40N4. The van der Waals surface area contributed by atoms with E-state index in [1.807, 2.05) is 0 Å². The molecule has 0 bridgehead atoms. The molecule has 0 saturated heterocycles. The minimum absolute atomic E-state index is 0.166. The first-order valence-electron chi connectivity index (χ1n) is 21.6. The molecule has 1 aliphatic carbocycles. The van der Waals surface area contributed by atoms with Crippen molar-refractivity contribution in [2.75, 3.05) is 0 Å². The summed E-state index contributed by atoms with van der Waals surface area (Å²) in [5.41, 5.74) is 14.1. The van der Waals surface area contributed by atoms with Crippen molar-refractivity contribution in [2.45, 2.75) is 18.6 Å². The van der Waals surface area contributed by atoms with Gasteiger partial charge in [-0.05, 0) is 92.9 Å². The van der Waals surface area contributed by atoms with Gasteiger partial charge in [0.05, 0.1) is 39.5 Å². The predicted octanol–water partition coefficient (Wildman–Crippen LogP) is 14.3. The Morgan fingerprint density at radius 3 is 2.15 bits per heavy atom. The van der Waals surface area contributed by atoms with Gasteiger partial charge in [-0.15, -0.1) is 0 Å². The molecule has 4 heteroatoms. The van der Waals surface area contributed by atoms with E-state index in [1.165, 1.54) is 76.3 Å². The van der Waals surface area contributed by atoms with E-state index in [-0.39, 0.29) is 12.2 Å². The lowest BCUT2D eigenvalue weighted by Gasteiger charge is -2.25. The van der Waals surface area contributed by atoms with Crippen LogP contribution in [0.4, 0.5) is 0 Å². The van der Waals surface area contributed by atoms with E-state index in [0.29, 0.717) is 0 Å². The molecule has 0 fully saturated rings. The third-order valence-electron chi connectivity index (χ3n) is 13.2. The maximum absolute atomic E-state index is 5.30. The fourth-order valence-corrected chi connectivity index (χ4v) is 10.4. The number of para-hydroxylation sites is 1. The molecule has 0 radical (unpaired) electrons. The highest BCUT2D eigenvalue weighted by Crippen LogP contribution is 2.45. The maximum Gasteiger partial charge on any atom is 0.145 e. The molecule has 2 aliphatic rings. The Kier molecular flexibility index (Phi) is 7.76. The highest BCUT2D eigenvalue weighted by molar-refractivity contribution is 6.25. The van der Waals surface area contributed by atoms with Crippen LogP contribution in [0.2, 0.25) is 0 Å². The van der Waals surface area contributed by atoms with Crippen LogP contribution in [0.15, 0.2) is 211 Å². The molecule has 1 N–H and O–H groups in total. The minimum Gasteiger partial charge on any atom is -0.360 e. The summed E-state index contributed by atoms with van der Waals surface area (Å²) in [4.78, 5) is 5.30. The molecule has 3 heterocycles. The number of hydrogen-bond donors (Lipinski definition) is 1. The molecule has 1 aliphatic heterocycles. The number of allylic oxidation sites excluding steroid dienone is 2. The van der Waals surface area contributed by atoms with Gasteiger partial charge in [0.25, 0.3) is 0 Å². The summed E-state index contributed by atoms with van der Waals surface area (Å²) < 4.78 is 5.14. The molecule has 0 amide bonds. The van der Waals surface area contributed by atoms with E-state index in [0.717, 1.165) is 40.2 Å². The van der Waals surface area contributed by atoms with Crippen LogP contribution in [0, 0.1) is 0 Å². The van der Waals surface area contributed by atoms with E-state index < -0.39 is 0 Å². The highest BCUT2D eigenvalue weighted by atomic mass is 15.1. The van der Waals surface area contributed by atoms with E-state index in [9.17, 15) is 0 Å². The van der Waals surface area contributed by atoms with Crippen LogP contribution in [0.1, 0.15) is 46.4 Å². The minimum atomic E-state index is -0.252. The fourth-order valence-electron chi connectivity index (χ4n) is 10.4. The molecular weight excluding hydrogens is 753 g/mol. The zero-order valence-electron chi connectivity index (χ0n) is 33.9. The third kappa shape index (κ3) is 5.36. The Labute approximate surface area is 359 Å². The summed E-state index contributed by atoms with van der Waals surface area (Å²) in [6.45, 7) is 0. The van der Waals surface area contributed by atoms with Crippen LogP contribution in [0.5, 0.6) is 0 Å². The van der Waals surface area contributed by atoms with E-state index in [2.05, 4.69) is 227 Å². The number of hydrogen-bond acceptors (Lipinski definition) is 2. The van der Waals surface area contributed by atoms with Crippen molar-refractivity contribution in [3.8, 4) is 5.69 Å². The number of fused-ring (bicyclic) bond motifs is 10. The van der Waals surface area contributed by atoms with Crippen LogP contribution in [-0.4, -0.2) is 14.8 Å². The average molecular weight is 793 g/mol. The van der Waals surface area contributed by atoms with Crippen LogP contribution in [-0.2, 0) is 0 Å². The van der Waals surface area contributed by atoms with Crippen molar-refractivity contribution in [1.82, 2.24) is 14.5 Å². The number of aliphatic imine (C=N–C) groups is 1. The van der Waals surface area contributed by atoms with Crippen LogP contribution in [0.25, 0.3) is 82.6 Å². The third-order valence-corrected chi connectivity index (χ3v) is 13.2. The number of benzene rings is 9. The summed E-state index contributed by atoms with van der Waals surface area (Å²) in [7, 11) is 0. The van der Waals surface area contributed by atoms with Crippen LogP contribution in [0.3, 0.4) is 0 Å². The van der Waals surface area contributed by atoms with Crippen LogP contribution < -0.4 is 5.32 Å². The molecule has 11 aromatic rings. The van der Waals surface area contributed by atoms with E-state index in [4.69, 9.17) is 4.99 Å². The zero-order valence-corrected chi connectivity index (χ0v) is 33.9. The highest BCUT2D eigenvalue weighted by Gasteiger charge is 2.26. The predicted molar refractivity (Wildman–Crippen MR) is 260 cm³/mol. The summed E-state index contributed by atoms with van der Waals surface area (Å²) in [5.74, 6) is 0. The lowest BCUT2D eigenvalue weighted by atomic mass is 9.92. The number of nitrogens with one attached hydrogen (secondary N) is 1. The van der Waals surface area contributed by atoms with Crippen molar-refractivity contribution >= 4 is 82.6 Å². The first-order valence-corrected chi connectivity index (χ1v) is 21.6. The Hall–Kier alpha value is -7.95. The summed E-state index contributed by atoms with van der Waals surface area (Å²) in [6.07, 6.45) is 7.49. The van der Waals surface area contributed by atoms with Gasteiger partial charge in [-0.1, -0.05) is 170 Å². The Bertz CT molecular complexity index is 3700. The SMILES string of the molecule is C1=Cc2ccccc2C(n2c3cc4c(cc3c3c5ccccc5ccc32)c2ccccc2n4-c2cccc3cc(C4N=C(c5ccccc5)C=C(c5ccccc5)N4)ccc23)C1. The van der Waals surface area contributed by atoms with Crippen LogP contribution >= 0.6 is 0 Å². The normalized spacial score (nSPS) is 16.3. The van der Waals surface area contributed by atoms with Gasteiger partial charge in [-0.3, -0.25) is 4.99 Å². The van der Waals surface area contributed by atoms with Gasteiger partial charge >= 0.3 is 0 Å². The second kappa shape index (κ2) is 13.8. The monoisotopic (exact) mass is 792 g/mol. The van der Waals surface area contributed by atoms with Crippen molar-refractivity contribution in [3.63, 3.8) is 0 Å². The molecule has 2 unspecified atom stereocenters. The standard InChI is InChI=1S/C58H40N4/c1-3-17-39(18-4-1)49-35-50(40-19-5-2-6-20-40)60-58(59-49)42-29-31-44-41(33-42)22-14-28-52(44)61-53-26-12-11-25-46(53)47-34-48-56(36-55(47)61)62(51-27-13-21-37-15-7-9-23-43(37)51)54-32-30-38-16-8-10-24-45(38)57(48)54/h1-26,28-36,51,58-59H,27H2. The fraction of sp³-hybridized carbons (Fsp3) is 0.0517. The van der Waals surface area contributed by atoms with Gasteiger partial charge < -0.3 is 14.5 Å². The first-order chi connectivity index (χ1) is 30.7. The Morgan fingerprint density at radius 2 is 1.26 bits per heavy atom. The number of rotatable bonds is 5. The van der Waals surface area contributed by atoms with E-state index >= 15 is 0 Å². The molecule has 2 atom stereocenters. The molecule has 292 valence electrons. The second-order valence-corrected chi connectivity index (χ2v) is 16.7. The topological polar surface area (TPSA) is 34.2 Å². The van der Waals surface area contributed by atoms with Gasteiger partial charge in [0.15, 0.2) is 0 Å². The molecule has 0 spiro atoms. The smallest absolute Gasteiger partial charge is 0.145 e. The van der Waals surface area contributed by atoms with Gasteiger partial charge in [-0.25, -0.2) is 0 Å². The van der Waals surface area contributed by atoms with Gasteiger partial charge in [0.2, 0.25) is 0 Å². The Balaban J connectivity index is 1.02. The molecule has 0 saturated carbocycles. The summed E-state index contributed by atoms with van der Waals surface area (Å²) in [5, 5.41) is 13.8. The van der Waals surface area contributed by atoms with Crippen molar-refractivity contribution in [3.05, 3.63) is 234 Å². The largest absolute Gasteiger partial charge is 0.360 e. The summed E-state index contributed by atoms with van der Waals surface area (Å²) in [6, 6.07) is 71.1. The van der Waals surface area contributed by atoms with Gasteiger partial charge in [0, 0.05) is 32.6 Å². The van der Waals surface area contributed by atoms with Crippen molar-refractivity contribution in [1.29, 1.82) is 0 Å². The second-order valence-electron chi connectivity index (χ2n) is 16.7. The molecule has 13 rings (SSSR count). The van der Waals surface area contributed by atoms with Crippen molar-refractivity contribution in [2.24, 2.45) is 4.99 Å². The Morgan fingerprint density at radius 1 is 0.500 bits per heavy atom. The molecule has 4 nitrogen and oxygen atoms in total. The number of nitrogens with zero attached hydrogens (tertiary/aromatic N) is 3. The molecule has 62 heavy (non-hydrogen) atoms. The molecule has 9 aromatic carbocycles. The van der Waals surface area contributed by atoms with Gasteiger partial charge in [-0.2, -0.15) is 0 Å². The van der Waals surface area contributed by atoms with Crippen molar-refractivity contribution < 1.29 is 0 Å². The number of aromatic nitrogens is 2. The first kappa shape index (κ1) is 34.9. The lowest BCUT2D eigenvalue weighted by Crippen LogP contribution is -2.24. The van der Waals surface area contributed by atoms with Gasteiger partial charge in [0.1, 0.15) is 6.17 Å². The average Bonchev–Trinajstić information content (AvgIpc) is 3.85. The molecule has 2 aromatic heterocycles. The maximum atomic E-state index is 5.30. The lowest BCUT2D eigenvalue weighted by molar-refractivity contribution is 0.625.